The molecule has 4 heteroatoms. The average Bonchev–Trinajstić information content (AvgIpc) is 2.38. The number of anilines is 1. The van der Waals surface area contributed by atoms with Gasteiger partial charge < -0.3 is 10.2 Å². The molecule has 1 N–H and O–H groups in total. The van der Waals surface area contributed by atoms with Gasteiger partial charge in [0.05, 0.1) is 16.8 Å². The number of hydrogen-bond donors (Lipinski definition) is 1. The Hall–Kier alpha value is -2.12. The number of pyridine rings is 1. The predicted molar refractivity (Wildman–Crippen MR) is 73.5 cm³/mol. The monoisotopic (exact) mass is 240 g/mol. The van der Waals surface area contributed by atoms with E-state index < -0.39 is 0 Å². The number of nitrogens with zero attached hydrogens (tertiary/aromatic N) is 3. The molecule has 0 amide bonds. The minimum atomic E-state index is 0.590. The number of nitrogens with one attached hydrogen (secondary N) is 1. The number of aromatic nitrogens is 1. The van der Waals surface area contributed by atoms with Crippen LogP contribution in [0.25, 0.3) is 10.9 Å². The van der Waals surface area contributed by atoms with Gasteiger partial charge in [-0.15, -0.1) is 0 Å². The van der Waals surface area contributed by atoms with Crippen LogP contribution >= 0.6 is 0 Å². The van der Waals surface area contributed by atoms with Crippen molar-refractivity contribution in [3.05, 3.63) is 36.0 Å². The molecule has 0 fully saturated rings. The average molecular weight is 240 g/mol. The van der Waals surface area contributed by atoms with Crippen molar-refractivity contribution in [1.29, 1.82) is 5.26 Å². The second-order valence-corrected chi connectivity index (χ2v) is 4.41. The zero-order chi connectivity index (χ0) is 13.0. The van der Waals surface area contributed by atoms with Gasteiger partial charge in [-0.05, 0) is 20.2 Å². The van der Waals surface area contributed by atoms with Gasteiger partial charge in [-0.1, -0.05) is 18.2 Å². The van der Waals surface area contributed by atoms with E-state index in [0.29, 0.717) is 5.56 Å². The molecule has 1 aromatic carbocycles. The Bertz CT molecular complexity index is 584. The van der Waals surface area contributed by atoms with Crippen LogP contribution < -0.4 is 5.32 Å². The number of nitriles is 1. The van der Waals surface area contributed by atoms with Gasteiger partial charge in [-0.3, -0.25) is 4.98 Å². The smallest absolute Gasteiger partial charge is 0.103 e. The number of para-hydroxylation sites is 1. The largest absolute Gasteiger partial charge is 0.382 e. The van der Waals surface area contributed by atoms with Crippen LogP contribution in [0.3, 0.4) is 0 Å². The van der Waals surface area contributed by atoms with E-state index in [1.54, 1.807) is 6.20 Å². The van der Waals surface area contributed by atoms with E-state index in [-0.39, 0.29) is 0 Å². The SMILES string of the molecule is CN(C)CCNc1c(C#N)cnc2ccccc12. The fourth-order valence-corrected chi connectivity index (χ4v) is 1.82. The van der Waals surface area contributed by atoms with Gasteiger partial charge in [0.2, 0.25) is 0 Å². The zero-order valence-electron chi connectivity index (χ0n) is 10.6. The minimum Gasteiger partial charge on any atom is -0.382 e. The van der Waals surface area contributed by atoms with Gasteiger partial charge in [0.15, 0.2) is 0 Å². The fraction of sp³-hybridized carbons (Fsp3) is 0.286. The maximum Gasteiger partial charge on any atom is 0.103 e. The van der Waals surface area contributed by atoms with E-state index in [0.717, 1.165) is 29.7 Å². The topological polar surface area (TPSA) is 52.0 Å². The summed E-state index contributed by atoms with van der Waals surface area (Å²) in [5, 5.41) is 13.5. The van der Waals surface area contributed by atoms with Crippen molar-refractivity contribution in [3.63, 3.8) is 0 Å². The molecule has 18 heavy (non-hydrogen) atoms. The summed E-state index contributed by atoms with van der Waals surface area (Å²) >= 11 is 0. The van der Waals surface area contributed by atoms with Crippen LogP contribution in [-0.4, -0.2) is 37.1 Å². The molecule has 0 aliphatic carbocycles. The maximum atomic E-state index is 9.15. The molecule has 0 bridgehead atoms. The van der Waals surface area contributed by atoms with E-state index >= 15 is 0 Å². The van der Waals surface area contributed by atoms with Crippen LogP contribution in [0.15, 0.2) is 30.5 Å². The molecule has 0 aliphatic rings. The summed E-state index contributed by atoms with van der Waals surface area (Å²) in [5.41, 5.74) is 2.38. The van der Waals surface area contributed by atoms with Crippen molar-refractivity contribution in [3.8, 4) is 6.07 Å². The van der Waals surface area contributed by atoms with E-state index in [4.69, 9.17) is 5.26 Å². The lowest BCUT2D eigenvalue weighted by atomic mass is 10.1. The summed E-state index contributed by atoms with van der Waals surface area (Å²) in [4.78, 5) is 6.38. The van der Waals surface area contributed by atoms with Gasteiger partial charge in [0.25, 0.3) is 0 Å². The van der Waals surface area contributed by atoms with Gasteiger partial charge in [-0.25, -0.2) is 0 Å². The molecule has 4 nitrogen and oxygen atoms in total. The molecule has 0 atom stereocenters. The summed E-state index contributed by atoms with van der Waals surface area (Å²) < 4.78 is 0. The number of rotatable bonds is 4. The van der Waals surface area contributed by atoms with Gasteiger partial charge >= 0.3 is 0 Å². The Morgan fingerprint density at radius 3 is 2.83 bits per heavy atom. The van der Waals surface area contributed by atoms with E-state index in [2.05, 4.69) is 21.3 Å². The maximum absolute atomic E-state index is 9.15. The molecular weight excluding hydrogens is 224 g/mol. The number of benzene rings is 1. The molecule has 2 aromatic rings. The Kier molecular flexibility index (Phi) is 3.75. The molecule has 1 aromatic heterocycles. The van der Waals surface area contributed by atoms with E-state index in [1.807, 2.05) is 38.4 Å². The molecule has 2 rings (SSSR count). The number of hydrogen-bond acceptors (Lipinski definition) is 4. The third-order valence-corrected chi connectivity index (χ3v) is 2.76. The van der Waals surface area contributed by atoms with Crippen molar-refractivity contribution < 1.29 is 0 Å². The van der Waals surface area contributed by atoms with Crippen molar-refractivity contribution >= 4 is 16.6 Å². The first-order chi connectivity index (χ1) is 8.72. The molecule has 0 spiro atoms. The lowest BCUT2D eigenvalue weighted by Gasteiger charge is -2.14. The van der Waals surface area contributed by atoms with Gasteiger partial charge in [-0.2, -0.15) is 5.26 Å². The second-order valence-electron chi connectivity index (χ2n) is 4.41. The summed E-state index contributed by atoms with van der Waals surface area (Å²) in [6.45, 7) is 1.72. The molecule has 0 radical (unpaired) electrons. The first kappa shape index (κ1) is 12.3. The Labute approximate surface area is 107 Å². The Morgan fingerprint density at radius 1 is 1.33 bits per heavy atom. The lowest BCUT2D eigenvalue weighted by Crippen LogP contribution is -2.21. The molecule has 92 valence electrons. The van der Waals surface area contributed by atoms with Crippen molar-refractivity contribution in [1.82, 2.24) is 9.88 Å². The predicted octanol–water partition coefficient (Wildman–Crippen LogP) is 2.08. The first-order valence-corrected chi connectivity index (χ1v) is 5.89. The van der Waals surface area contributed by atoms with E-state index in [1.165, 1.54) is 0 Å². The normalized spacial score (nSPS) is 10.6. The van der Waals surface area contributed by atoms with Gasteiger partial charge in [0.1, 0.15) is 6.07 Å². The van der Waals surface area contributed by atoms with Gasteiger partial charge in [0, 0.05) is 24.7 Å². The van der Waals surface area contributed by atoms with E-state index in [9.17, 15) is 0 Å². The standard InChI is InChI=1S/C14H16N4/c1-18(2)8-7-16-14-11(9-15)10-17-13-6-4-3-5-12(13)14/h3-6,10H,7-8H2,1-2H3,(H,16,17). The highest BCUT2D eigenvalue weighted by Crippen LogP contribution is 2.24. The third kappa shape index (κ3) is 2.58. The number of fused-ring (bicyclic) bond motifs is 1. The van der Waals surface area contributed by atoms with Crippen LogP contribution in [0.4, 0.5) is 5.69 Å². The summed E-state index contributed by atoms with van der Waals surface area (Å²) in [7, 11) is 4.05. The summed E-state index contributed by atoms with van der Waals surface area (Å²) in [5.74, 6) is 0. The van der Waals surface area contributed by atoms with Crippen LogP contribution in [-0.2, 0) is 0 Å². The minimum absolute atomic E-state index is 0.590. The Balaban J connectivity index is 2.36. The van der Waals surface area contributed by atoms with Crippen LogP contribution in [0, 0.1) is 11.3 Å². The summed E-state index contributed by atoms with van der Waals surface area (Å²) in [6.07, 6.45) is 1.63. The van der Waals surface area contributed by atoms with Crippen molar-refractivity contribution in [2.75, 3.05) is 32.5 Å². The molecule has 0 unspecified atom stereocenters. The zero-order valence-corrected chi connectivity index (χ0v) is 10.6. The molecule has 1 heterocycles. The van der Waals surface area contributed by atoms with Crippen molar-refractivity contribution in [2.45, 2.75) is 0 Å². The highest BCUT2D eigenvalue weighted by atomic mass is 15.1. The Morgan fingerprint density at radius 2 is 2.11 bits per heavy atom. The fourth-order valence-electron chi connectivity index (χ4n) is 1.82. The molecule has 0 saturated heterocycles. The van der Waals surface area contributed by atoms with Crippen LogP contribution in [0.5, 0.6) is 0 Å². The quantitative estimate of drug-likeness (QED) is 0.889. The lowest BCUT2D eigenvalue weighted by molar-refractivity contribution is 0.425. The number of likely N-dealkylation sites (N-methyl/N-ethyl adjacent to an activating group) is 1. The molecule has 0 saturated carbocycles. The summed E-state index contributed by atoms with van der Waals surface area (Å²) in [6, 6.07) is 10.0. The molecular formula is C14H16N4. The highest BCUT2D eigenvalue weighted by molar-refractivity contribution is 5.93. The van der Waals surface area contributed by atoms with Crippen molar-refractivity contribution in [2.24, 2.45) is 0 Å². The third-order valence-electron chi connectivity index (χ3n) is 2.76. The second kappa shape index (κ2) is 5.48. The molecule has 0 aliphatic heterocycles. The first-order valence-electron chi connectivity index (χ1n) is 5.89. The highest BCUT2D eigenvalue weighted by Gasteiger charge is 2.07. The van der Waals surface area contributed by atoms with Crippen LogP contribution in [0.1, 0.15) is 5.56 Å². The van der Waals surface area contributed by atoms with Crippen LogP contribution in [0.2, 0.25) is 0 Å².